The van der Waals surface area contributed by atoms with E-state index in [-0.39, 0.29) is 239 Å². The number of carbonyl (C=O) groups excluding carboxylic acids is 6. The largest absolute Gasteiger partial charge is 1.00 e. The average Bonchev–Trinajstić information content (AvgIpc) is 4.11. The van der Waals surface area contributed by atoms with Crippen molar-refractivity contribution in [3.8, 4) is 0 Å². The fourth-order valence-electron chi connectivity index (χ4n) is 11.6. The van der Waals surface area contributed by atoms with E-state index in [0.717, 1.165) is 77.0 Å². The first-order valence-corrected chi connectivity index (χ1v) is 33.2. The summed E-state index contributed by atoms with van der Waals surface area (Å²) >= 11 is 0. The molecular weight excluding hydrogens is 1410 g/mol. The van der Waals surface area contributed by atoms with Gasteiger partial charge in [0.25, 0.3) is 0 Å². The van der Waals surface area contributed by atoms with Gasteiger partial charge in [0.05, 0.1) is 24.0 Å². The molecule has 2 amide bonds. The molecule has 0 spiro atoms. The van der Waals surface area contributed by atoms with Crippen LogP contribution in [0.4, 0.5) is 0 Å². The number of amides is 2. The normalized spacial score (nSPS) is 19.9. The first-order valence-electron chi connectivity index (χ1n) is 29.2. The second-order valence-corrected chi connectivity index (χ2v) is 28.2. The van der Waals surface area contributed by atoms with Crippen molar-refractivity contribution in [3.63, 3.8) is 0 Å². The summed E-state index contributed by atoms with van der Waals surface area (Å²) < 4.78 is 51.3. The van der Waals surface area contributed by atoms with E-state index in [4.69, 9.17) is 18.5 Å². The van der Waals surface area contributed by atoms with Gasteiger partial charge in [0.15, 0.2) is 0 Å². The van der Waals surface area contributed by atoms with Crippen LogP contribution >= 0.6 is 95.7 Å². The summed E-state index contributed by atoms with van der Waals surface area (Å²) in [7, 11) is -7.23. The zero-order valence-corrected chi connectivity index (χ0v) is 69.5. The van der Waals surface area contributed by atoms with Crippen LogP contribution in [0.3, 0.4) is 0 Å². The van der Waals surface area contributed by atoms with E-state index in [1.807, 2.05) is 60.7 Å². The van der Waals surface area contributed by atoms with E-state index < -0.39 is 87.4 Å². The molecule has 2 heterocycles. The van der Waals surface area contributed by atoms with Crippen molar-refractivity contribution in [2.75, 3.05) is 37.7 Å². The Bertz CT molecular complexity index is 2200. The van der Waals surface area contributed by atoms with E-state index >= 15 is 0 Å². The van der Waals surface area contributed by atoms with Crippen LogP contribution in [0, 0.1) is 35.5 Å². The molecule has 0 aromatic heterocycles. The molecule has 4 fully saturated rings. The molecule has 8 atom stereocenters. The number of carboxylic acid groups (broad SMARTS) is 2. The third-order valence-electron chi connectivity index (χ3n) is 16.1. The van der Waals surface area contributed by atoms with Gasteiger partial charge in [-0.05, 0) is 86.2 Å². The Morgan fingerprint density at radius 2 is 0.818 bits per heavy atom. The van der Waals surface area contributed by atoms with Crippen LogP contribution in [0.15, 0.2) is 60.7 Å². The molecule has 6 rings (SSSR count). The van der Waals surface area contributed by atoms with E-state index in [9.17, 15) is 48.1 Å². The molecule has 2 aliphatic carbocycles. The molecule has 2 saturated carbocycles. The smallest absolute Gasteiger partial charge is 0.548 e. The Morgan fingerprint density at radius 3 is 1.09 bits per heavy atom. The molecule has 88 heavy (non-hydrogen) atoms. The molecule has 4 N–H and O–H groups in total. The number of esters is 2. The number of aryl methyl sites for hydroxylation is 2. The second-order valence-electron chi connectivity index (χ2n) is 23.0. The molecule has 2 aliphatic heterocycles. The van der Waals surface area contributed by atoms with Gasteiger partial charge in [-0.25, -0.2) is 0 Å². The fraction of sp³-hybridized carbons (Fsp3) is 0.700. The van der Waals surface area contributed by atoms with E-state index in [2.05, 4.69) is 0 Å². The third-order valence-corrected chi connectivity index (χ3v) is 20.8. The Labute approximate surface area is 648 Å². The van der Waals surface area contributed by atoms with Gasteiger partial charge in [0.2, 0.25) is 39.1 Å². The second kappa shape index (κ2) is 51.9. The standard InChI is InChI=1S/2C30H46NO7P.Cs.Na.2H2O.6H2S/c2*1-4-28(33)37-30(22(2)3)38-39(36,18-12-11-15-23-13-7-5-8-14-23)21-27(32)31-20-25(19-26(31)29(34)35)24-16-9-6-10-17-24;;;;;;;;;;/h2*5,7-8,13-14,22,24-26,30H,4,6,9-12,15-21H2,1-3H3,(H,34,35);;;8*1H2/q;;2*+1;;;;;;;;/p-2/t2*25-,26+,30+,39-;;;;;;;;;;/m11........../s1. The van der Waals surface area contributed by atoms with Crippen LogP contribution in [0.1, 0.15) is 168 Å². The molecule has 0 radical (unpaired) electrons. The number of ether oxygens (including phenoxy) is 2. The summed E-state index contributed by atoms with van der Waals surface area (Å²) in [6.07, 6.45) is 13.8. The summed E-state index contributed by atoms with van der Waals surface area (Å²) in [5, 5.41) is 24.0. The van der Waals surface area contributed by atoms with Crippen molar-refractivity contribution in [1.29, 1.82) is 0 Å². The van der Waals surface area contributed by atoms with Gasteiger partial charge in [0.1, 0.15) is 12.3 Å². The maximum atomic E-state index is 14.2. The van der Waals surface area contributed by atoms with Crippen LogP contribution in [0.5, 0.6) is 0 Å². The van der Waals surface area contributed by atoms with Crippen molar-refractivity contribution in [1.82, 2.24) is 9.80 Å². The van der Waals surface area contributed by atoms with Crippen molar-refractivity contribution in [3.05, 3.63) is 71.8 Å². The van der Waals surface area contributed by atoms with Gasteiger partial charge in [-0.15, -0.1) is 0 Å². The number of hydrogen-bond acceptors (Lipinski definition) is 14. The van der Waals surface area contributed by atoms with Crippen LogP contribution in [-0.4, -0.2) is 119 Å². The third kappa shape index (κ3) is 34.1. The SMILES string of the molecule is CCC(=O)O[C@@H](O[P@](=O)(CCCCc1ccccc1)CC(=O)N1C[C@H](C2CCCCC2)C[C@H]1C(=O)[O-])C(C)C.CCC(=O)O[C@@H](O[P@](=O)(CCCCc1ccccc1)CC(=O)N1C[C@H](C2CCCCC2)C[C@H]1C(=O)[O-])C(C)C.O.O.S.S.S.S.S.S.[Cs+].[Na+]. The van der Waals surface area contributed by atoms with Crippen molar-refractivity contribution >= 4 is 131 Å². The van der Waals surface area contributed by atoms with Gasteiger partial charge in [0, 0.05) is 50.1 Å². The number of unbranched alkanes of at least 4 members (excludes halogenated alkanes) is 2. The number of rotatable bonds is 28. The number of carbonyl (C=O) groups is 6. The summed E-state index contributed by atoms with van der Waals surface area (Å²) in [5.41, 5.74) is 2.34. The number of likely N-dealkylation sites (tertiary alicyclic amines) is 2. The van der Waals surface area contributed by atoms with Gasteiger partial charge in [-0.1, -0.05) is 166 Å². The number of benzene rings is 2. The molecule has 2 saturated heterocycles. The van der Waals surface area contributed by atoms with Gasteiger partial charge in [-0.3, -0.25) is 37.4 Å². The quantitative estimate of drug-likeness (QED) is 0.0389. The molecule has 4 aliphatic rings. The van der Waals surface area contributed by atoms with Crippen LogP contribution in [0.25, 0.3) is 0 Å². The summed E-state index contributed by atoms with van der Waals surface area (Å²) in [4.78, 5) is 77.9. The van der Waals surface area contributed by atoms with E-state index in [1.165, 1.54) is 33.8 Å². The Morgan fingerprint density at radius 1 is 0.511 bits per heavy atom. The molecule has 2 aromatic carbocycles. The van der Waals surface area contributed by atoms with Crippen molar-refractivity contribution < 1.29 is 176 Å². The summed E-state index contributed by atoms with van der Waals surface area (Å²) in [5.74, 6) is -3.97. The minimum atomic E-state index is -3.62. The predicted molar refractivity (Wildman–Crippen MR) is 366 cm³/mol. The average molecular weight is 1520 g/mol. The van der Waals surface area contributed by atoms with Crippen LogP contribution < -0.4 is 109 Å². The molecule has 2 aromatic rings. The topological polar surface area (TPSA) is 289 Å². The van der Waals surface area contributed by atoms with Gasteiger partial charge in [-0.2, -0.15) is 81.0 Å². The first kappa shape index (κ1) is 99.8. The van der Waals surface area contributed by atoms with Crippen LogP contribution in [0.2, 0.25) is 0 Å². The zero-order chi connectivity index (χ0) is 56.8. The number of nitrogens with zero attached hydrogens (tertiary/aromatic N) is 2. The van der Waals surface area contributed by atoms with Crippen molar-refractivity contribution in [2.45, 2.75) is 195 Å². The number of carboxylic acids is 2. The minimum absolute atomic E-state index is 0. The Balaban J connectivity index is -0.000000343. The van der Waals surface area contributed by atoms with Gasteiger partial charge >= 0.3 is 110 Å². The maximum Gasteiger partial charge on any atom is 1.00 e. The first-order chi connectivity index (χ1) is 37.2. The number of hydrogen-bond donors (Lipinski definition) is 0. The fourth-order valence-corrected chi connectivity index (χ4v) is 16.2. The molecular formula is C60H106CsN2NaO16P2S6. The van der Waals surface area contributed by atoms with Gasteiger partial charge < -0.3 is 50.0 Å². The zero-order valence-electron chi connectivity index (χ0n) is 53.4. The maximum absolute atomic E-state index is 14.2. The molecule has 0 unspecified atom stereocenters. The Hall–Kier alpha value is 0.712. The molecule has 28 heteroatoms. The predicted octanol–water partition coefficient (Wildman–Crippen LogP) is 2.61. The number of aliphatic carboxylic acids is 2. The Kier molecular flexibility index (Phi) is 58.9. The van der Waals surface area contributed by atoms with Crippen LogP contribution in [-0.2, 0) is 69.3 Å². The molecule has 0 bridgehead atoms. The van der Waals surface area contributed by atoms with Crippen molar-refractivity contribution in [2.24, 2.45) is 35.5 Å². The minimum Gasteiger partial charge on any atom is -0.548 e. The molecule has 500 valence electrons. The summed E-state index contributed by atoms with van der Waals surface area (Å²) in [6, 6.07) is 17.9. The summed E-state index contributed by atoms with van der Waals surface area (Å²) in [6.45, 7) is 11.2. The molecule has 18 nitrogen and oxygen atoms in total. The van der Waals surface area contributed by atoms with E-state index in [1.54, 1.807) is 41.5 Å². The van der Waals surface area contributed by atoms with E-state index in [0.29, 0.717) is 50.6 Å². The monoisotopic (exact) mass is 1520 g/mol.